The summed E-state index contributed by atoms with van der Waals surface area (Å²) in [5, 5.41) is 9.08. The Balaban J connectivity index is 1.57. The molecule has 0 aliphatic heterocycles. The molecule has 0 aromatic heterocycles. The number of aliphatic carboxylic acids is 1. The first-order valence-corrected chi connectivity index (χ1v) is 11.3. The number of hydrogen-bond acceptors (Lipinski definition) is 1. The first-order chi connectivity index (χ1) is 12.4. The highest BCUT2D eigenvalue weighted by atomic mass is 16.4. The number of carbonyl (C=O) groups is 1. The maximum Gasteiger partial charge on any atom is 0.303 e. The molecule has 4 rings (SSSR count). The van der Waals surface area contributed by atoms with Crippen LogP contribution in [0.4, 0.5) is 0 Å². The number of carboxylic acids is 1. The molecule has 26 heavy (non-hydrogen) atoms. The van der Waals surface area contributed by atoms with E-state index in [4.69, 9.17) is 5.11 Å². The predicted molar refractivity (Wildman–Crippen MR) is 106 cm³/mol. The summed E-state index contributed by atoms with van der Waals surface area (Å²) in [6.45, 7) is 7.43. The smallest absolute Gasteiger partial charge is 0.303 e. The molecule has 0 bridgehead atoms. The Kier molecular flexibility index (Phi) is 4.77. The fourth-order valence-electron chi connectivity index (χ4n) is 8.16. The van der Waals surface area contributed by atoms with Crippen LogP contribution >= 0.6 is 0 Å². The van der Waals surface area contributed by atoms with Crippen molar-refractivity contribution in [2.45, 2.75) is 85.0 Å². The predicted octanol–water partition coefficient (Wildman–Crippen LogP) is 6.31. The van der Waals surface area contributed by atoms with E-state index in [1.54, 1.807) is 0 Å². The van der Waals surface area contributed by atoms with E-state index < -0.39 is 5.97 Å². The van der Waals surface area contributed by atoms with Crippen LogP contribution in [0.2, 0.25) is 0 Å². The summed E-state index contributed by atoms with van der Waals surface area (Å²) in [5.41, 5.74) is 0.850. The van der Waals surface area contributed by atoms with Crippen LogP contribution in [0, 0.1) is 46.3 Å². The molecule has 0 saturated heterocycles. The van der Waals surface area contributed by atoms with Crippen molar-refractivity contribution < 1.29 is 9.90 Å². The number of carboxylic acid groups (broad SMARTS) is 1. The second-order valence-electron chi connectivity index (χ2n) is 10.6. The van der Waals surface area contributed by atoms with Gasteiger partial charge in [0.1, 0.15) is 0 Å². The quantitative estimate of drug-likeness (QED) is 0.598. The van der Waals surface area contributed by atoms with Crippen LogP contribution in [0.15, 0.2) is 12.2 Å². The lowest BCUT2D eigenvalue weighted by Gasteiger charge is -2.58. The molecule has 2 unspecified atom stereocenters. The van der Waals surface area contributed by atoms with Gasteiger partial charge < -0.3 is 5.11 Å². The summed E-state index contributed by atoms with van der Waals surface area (Å²) >= 11 is 0. The van der Waals surface area contributed by atoms with Gasteiger partial charge in [0, 0.05) is 6.42 Å². The zero-order valence-electron chi connectivity index (χ0n) is 17.0. The normalized spacial score (nSPS) is 48.3. The molecular formula is C24H38O2. The first kappa shape index (κ1) is 18.6. The molecule has 3 saturated carbocycles. The summed E-state index contributed by atoms with van der Waals surface area (Å²) < 4.78 is 0. The molecule has 1 N–H and O–H groups in total. The molecule has 3 fully saturated rings. The van der Waals surface area contributed by atoms with Crippen LogP contribution < -0.4 is 0 Å². The van der Waals surface area contributed by atoms with Crippen LogP contribution in [-0.2, 0) is 4.79 Å². The lowest BCUT2D eigenvalue weighted by molar-refractivity contribution is -0.137. The van der Waals surface area contributed by atoms with Gasteiger partial charge in [-0.2, -0.15) is 0 Å². The zero-order valence-corrected chi connectivity index (χ0v) is 17.0. The summed E-state index contributed by atoms with van der Waals surface area (Å²) in [6, 6.07) is 0. The second-order valence-corrected chi connectivity index (χ2v) is 10.6. The Morgan fingerprint density at radius 2 is 1.96 bits per heavy atom. The molecule has 2 heteroatoms. The fourth-order valence-corrected chi connectivity index (χ4v) is 8.16. The fraction of sp³-hybridized carbons (Fsp3) is 0.875. The standard InChI is InChI=1S/C24H38O2/c1-16(7-12-22(25)26)19-10-11-20-18-9-8-17-6-4-5-14-23(17,2)21(18)13-15-24(19,20)3/h13,15-21H,4-12,14H2,1-3H3,(H,25,26)/t16-,17?,18+,19?,20+,21+,23+,24-/m1/s1. The van der Waals surface area contributed by atoms with Gasteiger partial charge in [-0.1, -0.05) is 45.8 Å². The van der Waals surface area contributed by atoms with Crippen LogP contribution in [0.1, 0.15) is 85.0 Å². The minimum absolute atomic E-state index is 0.303. The Hall–Kier alpha value is -0.790. The third-order valence-corrected chi connectivity index (χ3v) is 9.59. The van der Waals surface area contributed by atoms with E-state index in [-0.39, 0.29) is 0 Å². The second kappa shape index (κ2) is 6.67. The third kappa shape index (κ3) is 2.78. The molecular weight excluding hydrogens is 320 g/mol. The highest BCUT2D eigenvalue weighted by Crippen LogP contribution is 2.66. The van der Waals surface area contributed by atoms with Gasteiger partial charge in [0.2, 0.25) is 0 Å². The van der Waals surface area contributed by atoms with E-state index in [2.05, 4.69) is 32.9 Å². The van der Waals surface area contributed by atoms with Gasteiger partial charge in [0.15, 0.2) is 0 Å². The van der Waals surface area contributed by atoms with Crippen molar-refractivity contribution in [2.75, 3.05) is 0 Å². The highest BCUT2D eigenvalue weighted by Gasteiger charge is 2.58. The Bertz CT molecular complexity index is 581. The van der Waals surface area contributed by atoms with Gasteiger partial charge in [0.25, 0.3) is 0 Å². The Morgan fingerprint density at radius 3 is 2.73 bits per heavy atom. The molecule has 0 radical (unpaired) electrons. The summed E-state index contributed by atoms with van der Waals surface area (Å²) in [6.07, 6.45) is 17.8. The van der Waals surface area contributed by atoms with Crippen LogP contribution in [0.3, 0.4) is 0 Å². The van der Waals surface area contributed by atoms with E-state index in [0.29, 0.717) is 29.1 Å². The van der Waals surface area contributed by atoms with Crippen LogP contribution in [-0.4, -0.2) is 11.1 Å². The van der Waals surface area contributed by atoms with Crippen molar-refractivity contribution in [3.05, 3.63) is 12.2 Å². The van der Waals surface area contributed by atoms with Crippen molar-refractivity contribution in [3.8, 4) is 0 Å². The van der Waals surface area contributed by atoms with Crippen molar-refractivity contribution in [1.82, 2.24) is 0 Å². The Labute approximate surface area is 159 Å². The molecule has 2 nitrogen and oxygen atoms in total. The summed E-state index contributed by atoms with van der Waals surface area (Å²) in [5.74, 6) is 4.01. The molecule has 0 heterocycles. The van der Waals surface area contributed by atoms with Crippen LogP contribution in [0.5, 0.6) is 0 Å². The molecule has 0 spiro atoms. The minimum Gasteiger partial charge on any atom is -0.481 e. The van der Waals surface area contributed by atoms with Gasteiger partial charge in [-0.25, -0.2) is 0 Å². The first-order valence-electron chi connectivity index (χ1n) is 11.3. The van der Waals surface area contributed by atoms with E-state index in [0.717, 1.165) is 30.1 Å². The molecule has 146 valence electrons. The number of fused-ring (bicyclic) bond motifs is 5. The zero-order chi connectivity index (χ0) is 18.5. The van der Waals surface area contributed by atoms with Crippen molar-refractivity contribution >= 4 is 5.97 Å². The van der Waals surface area contributed by atoms with Gasteiger partial charge in [-0.05, 0) is 91.3 Å². The Morgan fingerprint density at radius 1 is 1.15 bits per heavy atom. The number of hydrogen-bond donors (Lipinski definition) is 1. The van der Waals surface area contributed by atoms with Crippen LogP contribution in [0.25, 0.3) is 0 Å². The lowest BCUT2D eigenvalue weighted by Crippen LogP contribution is -2.50. The summed E-state index contributed by atoms with van der Waals surface area (Å²) in [7, 11) is 0. The topological polar surface area (TPSA) is 37.3 Å². The maximum atomic E-state index is 11.0. The lowest BCUT2D eigenvalue weighted by atomic mass is 9.46. The molecule has 8 atom stereocenters. The van der Waals surface area contributed by atoms with Gasteiger partial charge >= 0.3 is 5.97 Å². The SMILES string of the molecule is C[C@H](CCC(=O)O)C1CC[C@H]2[C@@H]3CCC4CCCC[C@]4(C)[C@H]3C=C[C@]12C. The number of rotatable bonds is 4. The van der Waals surface area contributed by atoms with E-state index in [1.807, 2.05) is 0 Å². The highest BCUT2D eigenvalue weighted by molar-refractivity contribution is 5.66. The van der Waals surface area contributed by atoms with Gasteiger partial charge in [-0.15, -0.1) is 0 Å². The molecule has 0 aromatic carbocycles. The van der Waals surface area contributed by atoms with Gasteiger partial charge in [-0.3, -0.25) is 4.79 Å². The minimum atomic E-state index is -0.639. The van der Waals surface area contributed by atoms with Crippen molar-refractivity contribution in [2.24, 2.45) is 46.3 Å². The largest absolute Gasteiger partial charge is 0.481 e. The average Bonchev–Trinajstić information content (AvgIpc) is 2.96. The summed E-state index contributed by atoms with van der Waals surface area (Å²) in [4.78, 5) is 11.0. The average molecular weight is 359 g/mol. The third-order valence-electron chi connectivity index (χ3n) is 9.59. The van der Waals surface area contributed by atoms with Gasteiger partial charge in [0.05, 0.1) is 0 Å². The van der Waals surface area contributed by atoms with E-state index >= 15 is 0 Å². The molecule has 4 aliphatic carbocycles. The molecule has 0 aromatic rings. The van der Waals surface area contributed by atoms with Crippen molar-refractivity contribution in [3.63, 3.8) is 0 Å². The van der Waals surface area contributed by atoms with E-state index in [9.17, 15) is 4.79 Å². The monoisotopic (exact) mass is 358 g/mol. The maximum absolute atomic E-state index is 11.0. The molecule has 4 aliphatic rings. The molecule has 0 amide bonds. The van der Waals surface area contributed by atoms with E-state index in [1.165, 1.54) is 51.4 Å². The number of allylic oxidation sites excluding steroid dienone is 2. The van der Waals surface area contributed by atoms with Crippen molar-refractivity contribution in [1.29, 1.82) is 0 Å².